The quantitative estimate of drug-likeness (QED) is 0.856. The molecule has 2 atom stereocenters. The first-order valence-corrected chi connectivity index (χ1v) is 8.78. The van der Waals surface area contributed by atoms with E-state index in [9.17, 15) is 13.5 Å². The molecule has 3 heterocycles. The fourth-order valence-corrected chi connectivity index (χ4v) is 3.89. The van der Waals surface area contributed by atoms with Crippen molar-refractivity contribution in [2.24, 2.45) is 0 Å². The van der Waals surface area contributed by atoms with Gasteiger partial charge >= 0.3 is 0 Å². The number of β-amino-alcohol motifs (C(OH)–C–C–N with tert-alkyl or cyclic N) is 1. The van der Waals surface area contributed by atoms with Crippen LogP contribution < -0.4 is 4.74 Å². The van der Waals surface area contributed by atoms with E-state index in [-0.39, 0.29) is 18.2 Å². The molecule has 1 aliphatic heterocycles. The van der Waals surface area contributed by atoms with Crippen LogP contribution in [0.15, 0.2) is 34.0 Å². The van der Waals surface area contributed by atoms with Gasteiger partial charge in [-0.25, -0.2) is 8.42 Å². The molecule has 9 heteroatoms. The average molecular weight is 341 g/mol. The van der Waals surface area contributed by atoms with Crippen LogP contribution in [-0.4, -0.2) is 52.9 Å². The molecular formula is C14H19N3O5S. The van der Waals surface area contributed by atoms with Crippen molar-refractivity contribution in [3.8, 4) is 5.75 Å². The predicted octanol–water partition coefficient (Wildman–Crippen LogP) is 0.617. The SMILES string of the molecule is CCn1cc(O[C@@H]2CN(S(=O)(=O)c3ccc(C)o3)C[C@H]2O)cn1. The van der Waals surface area contributed by atoms with Gasteiger partial charge in [0.25, 0.3) is 10.0 Å². The molecule has 2 aromatic rings. The molecule has 0 bridgehead atoms. The first-order chi connectivity index (χ1) is 10.9. The Balaban J connectivity index is 1.73. The molecular weight excluding hydrogens is 322 g/mol. The number of hydrogen-bond acceptors (Lipinski definition) is 6. The van der Waals surface area contributed by atoms with Crippen molar-refractivity contribution in [1.82, 2.24) is 14.1 Å². The van der Waals surface area contributed by atoms with Crippen LogP contribution in [0.4, 0.5) is 0 Å². The molecule has 23 heavy (non-hydrogen) atoms. The maximum absolute atomic E-state index is 12.5. The lowest BCUT2D eigenvalue weighted by molar-refractivity contribution is 0.0736. The monoisotopic (exact) mass is 341 g/mol. The van der Waals surface area contributed by atoms with Crippen molar-refractivity contribution >= 4 is 10.0 Å². The van der Waals surface area contributed by atoms with Gasteiger partial charge in [-0.2, -0.15) is 9.40 Å². The summed E-state index contributed by atoms with van der Waals surface area (Å²) >= 11 is 0. The van der Waals surface area contributed by atoms with E-state index >= 15 is 0 Å². The molecule has 0 amide bonds. The molecule has 0 aliphatic carbocycles. The topological polar surface area (TPSA) is 97.8 Å². The third-order valence-corrected chi connectivity index (χ3v) is 5.44. The lowest BCUT2D eigenvalue weighted by atomic mass is 10.3. The van der Waals surface area contributed by atoms with Gasteiger partial charge in [-0.15, -0.1) is 0 Å². The fraction of sp³-hybridized carbons (Fsp3) is 0.500. The fourth-order valence-electron chi connectivity index (χ4n) is 2.47. The average Bonchev–Trinajstić information content (AvgIpc) is 3.21. The molecule has 1 saturated heterocycles. The Morgan fingerprint density at radius 3 is 2.83 bits per heavy atom. The van der Waals surface area contributed by atoms with Gasteiger partial charge in [0, 0.05) is 13.1 Å². The summed E-state index contributed by atoms with van der Waals surface area (Å²) in [4.78, 5) is 0. The summed E-state index contributed by atoms with van der Waals surface area (Å²) < 4.78 is 38.7. The van der Waals surface area contributed by atoms with Gasteiger partial charge < -0.3 is 14.3 Å². The van der Waals surface area contributed by atoms with Crippen molar-refractivity contribution in [3.63, 3.8) is 0 Å². The summed E-state index contributed by atoms with van der Waals surface area (Å²) in [5.74, 6) is 1.02. The summed E-state index contributed by atoms with van der Waals surface area (Å²) in [5, 5.41) is 14.1. The second-order valence-corrected chi connectivity index (χ2v) is 7.31. The van der Waals surface area contributed by atoms with Gasteiger partial charge in [0.1, 0.15) is 18.0 Å². The Kier molecular flexibility index (Phi) is 4.17. The highest BCUT2D eigenvalue weighted by Crippen LogP contribution is 2.25. The van der Waals surface area contributed by atoms with Crippen molar-refractivity contribution in [2.75, 3.05) is 13.1 Å². The number of sulfonamides is 1. The van der Waals surface area contributed by atoms with Crippen LogP contribution in [0, 0.1) is 6.92 Å². The normalized spacial score (nSPS) is 22.6. The Labute approximate surface area is 134 Å². The van der Waals surface area contributed by atoms with Gasteiger partial charge in [-0.3, -0.25) is 4.68 Å². The maximum Gasteiger partial charge on any atom is 0.276 e. The number of rotatable bonds is 5. The summed E-state index contributed by atoms with van der Waals surface area (Å²) in [6, 6.07) is 3.00. The number of furan rings is 1. The van der Waals surface area contributed by atoms with Crippen LogP contribution in [-0.2, 0) is 16.6 Å². The van der Waals surface area contributed by atoms with Crippen molar-refractivity contribution in [2.45, 2.75) is 37.7 Å². The van der Waals surface area contributed by atoms with E-state index in [1.807, 2.05) is 6.92 Å². The molecule has 1 N–H and O–H groups in total. The summed E-state index contributed by atoms with van der Waals surface area (Å²) in [6.07, 6.45) is 1.70. The molecule has 0 spiro atoms. The summed E-state index contributed by atoms with van der Waals surface area (Å²) in [5.41, 5.74) is 0. The molecule has 0 unspecified atom stereocenters. The number of aromatic nitrogens is 2. The molecule has 0 saturated carbocycles. The Morgan fingerprint density at radius 1 is 1.43 bits per heavy atom. The largest absolute Gasteiger partial charge is 0.483 e. The third-order valence-electron chi connectivity index (χ3n) is 3.73. The molecule has 8 nitrogen and oxygen atoms in total. The number of ether oxygens (including phenoxy) is 1. The first-order valence-electron chi connectivity index (χ1n) is 7.34. The zero-order chi connectivity index (χ0) is 16.6. The lowest BCUT2D eigenvalue weighted by Crippen LogP contribution is -2.31. The van der Waals surface area contributed by atoms with E-state index in [2.05, 4.69) is 5.10 Å². The maximum atomic E-state index is 12.5. The first kappa shape index (κ1) is 16.0. The predicted molar refractivity (Wildman–Crippen MR) is 80.5 cm³/mol. The molecule has 0 radical (unpaired) electrons. The Bertz CT molecular complexity index is 782. The Morgan fingerprint density at radius 2 is 2.22 bits per heavy atom. The van der Waals surface area contributed by atoms with Gasteiger partial charge in [0.05, 0.1) is 18.9 Å². The smallest absolute Gasteiger partial charge is 0.276 e. The van der Waals surface area contributed by atoms with Crippen molar-refractivity contribution in [1.29, 1.82) is 0 Å². The van der Waals surface area contributed by atoms with E-state index < -0.39 is 22.2 Å². The van der Waals surface area contributed by atoms with E-state index in [4.69, 9.17) is 9.15 Å². The minimum atomic E-state index is -3.77. The molecule has 2 aromatic heterocycles. The van der Waals surface area contributed by atoms with E-state index in [0.717, 1.165) is 0 Å². The number of aliphatic hydroxyl groups is 1. The third kappa shape index (κ3) is 3.12. The number of nitrogens with zero attached hydrogens (tertiary/aromatic N) is 3. The molecule has 126 valence electrons. The summed E-state index contributed by atoms with van der Waals surface area (Å²) in [7, 11) is -3.77. The highest BCUT2D eigenvalue weighted by atomic mass is 32.2. The van der Waals surface area contributed by atoms with Crippen LogP contribution in [0.1, 0.15) is 12.7 Å². The zero-order valence-corrected chi connectivity index (χ0v) is 13.7. The van der Waals surface area contributed by atoms with Gasteiger partial charge in [0.2, 0.25) is 5.09 Å². The van der Waals surface area contributed by atoms with Crippen LogP contribution in [0.25, 0.3) is 0 Å². The number of aliphatic hydroxyl groups excluding tert-OH is 1. The highest BCUT2D eigenvalue weighted by Gasteiger charge is 2.41. The van der Waals surface area contributed by atoms with Crippen LogP contribution >= 0.6 is 0 Å². The van der Waals surface area contributed by atoms with Crippen LogP contribution in [0.5, 0.6) is 5.75 Å². The Hall–Kier alpha value is -1.84. The second kappa shape index (κ2) is 5.99. The number of aryl methyl sites for hydroxylation is 2. The molecule has 0 aromatic carbocycles. The second-order valence-electron chi connectivity index (χ2n) is 5.44. The van der Waals surface area contributed by atoms with Crippen molar-refractivity contribution < 1.29 is 22.7 Å². The standard InChI is InChI=1S/C14H19N3O5S/c1-3-16-7-11(6-15-16)22-13-9-17(8-12(13)18)23(19,20)14-5-4-10(2)21-14/h4-7,12-13,18H,3,8-9H2,1-2H3/t12-,13-/m1/s1. The lowest BCUT2D eigenvalue weighted by Gasteiger charge is -2.15. The molecule has 1 fully saturated rings. The van der Waals surface area contributed by atoms with Crippen LogP contribution in [0.3, 0.4) is 0 Å². The van der Waals surface area contributed by atoms with Gasteiger partial charge in [-0.1, -0.05) is 0 Å². The molecule has 3 rings (SSSR count). The van der Waals surface area contributed by atoms with Gasteiger partial charge in [0.15, 0.2) is 5.75 Å². The number of hydrogen-bond donors (Lipinski definition) is 1. The minimum Gasteiger partial charge on any atom is -0.483 e. The van der Waals surface area contributed by atoms with Crippen LogP contribution in [0.2, 0.25) is 0 Å². The van der Waals surface area contributed by atoms with E-state index in [1.54, 1.807) is 30.1 Å². The molecule has 1 aliphatic rings. The summed E-state index contributed by atoms with van der Waals surface area (Å²) in [6.45, 7) is 4.35. The zero-order valence-electron chi connectivity index (χ0n) is 12.9. The van der Waals surface area contributed by atoms with E-state index in [1.165, 1.54) is 10.4 Å². The minimum absolute atomic E-state index is 0.0331. The van der Waals surface area contributed by atoms with E-state index in [0.29, 0.717) is 18.1 Å². The van der Waals surface area contributed by atoms with Gasteiger partial charge in [-0.05, 0) is 26.0 Å². The highest BCUT2D eigenvalue weighted by molar-refractivity contribution is 7.89. The van der Waals surface area contributed by atoms with Crippen molar-refractivity contribution in [3.05, 3.63) is 30.3 Å².